The number of benzene rings is 1. The predicted octanol–water partition coefficient (Wildman–Crippen LogP) is 3.62. The van der Waals surface area contributed by atoms with Crippen molar-refractivity contribution in [1.82, 2.24) is 5.32 Å². The quantitative estimate of drug-likeness (QED) is 0.812. The molecule has 1 nitrogen and oxygen atoms in total. The summed E-state index contributed by atoms with van der Waals surface area (Å²) in [5, 5.41) is 3.69. The molecule has 1 aliphatic rings. The van der Waals surface area contributed by atoms with Crippen molar-refractivity contribution >= 4 is 0 Å². The van der Waals surface area contributed by atoms with Crippen LogP contribution in [0.1, 0.15) is 49.4 Å². The number of nitrogens with one attached hydrogen (secondary N) is 1. The van der Waals surface area contributed by atoms with Crippen LogP contribution in [0.15, 0.2) is 18.2 Å². The van der Waals surface area contributed by atoms with Crippen molar-refractivity contribution in [1.29, 1.82) is 0 Å². The Bertz CT molecular complexity index is 354. The lowest BCUT2D eigenvalue weighted by Gasteiger charge is -2.15. The molecule has 0 aliphatic heterocycles. The second kappa shape index (κ2) is 5.01. The van der Waals surface area contributed by atoms with Gasteiger partial charge in [0, 0.05) is 6.04 Å². The molecule has 1 unspecified atom stereocenters. The first-order valence-electron chi connectivity index (χ1n) is 6.49. The summed E-state index contributed by atoms with van der Waals surface area (Å²) in [7, 11) is 0. The van der Waals surface area contributed by atoms with E-state index in [9.17, 15) is 0 Å². The highest BCUT2D eigenvalue weighted by molar-refractivity contribution is 5.37. The number of hydrogen-bond acceptors (Lipinski definition) is 1. The Kier molecular flexibility index (Phi) is 3.65. The van der Waals surface area contributed by atoms with Crippen LogP contribution >= 0.6 is 0 Å². The zero-order valence-electron chi connectivity index (χ0n) is 10.7. The average Bonchev–Trinajstić information content (AvgIpc) is 2.60. The molecule has 16 heavy (non-hydrogen) atoms. The van der Waals surface area contributed by atoms with Crippen LogP contribution in [-0.2, 0) is 6.42 Å². The molecule has 2 rings (SSSR count). The molecule has 1 heteroatoms. The molecule has 0 bridgehead atoms. The topological polar surface area (TPSA) is 12.0 Å². The fourth-order valence-electron chi connectivity index (χ4n) is 2.50. The monoisotopic (exact) mass is 217 g/mol. The van der Waals surface area contributed by atoms with Gasteiger partial charge < -0.3 is 5.32 Å². The van der Waals surface area contributed by atoms with Crippen LogP contribution in [0.3, 0.4) is 0 Å². The van der Waals surface area contributed by atoms with Crippen LogP contribution in [0.25, 0.3) is 0 Å². The van der Waals surface area contributed by atoms with E-state index in [-0.39, 0.29) is 0 Å². The largest absolute Gasteiger partial charge is 0.310 e. The first-order valence-corrected chi connectivity index (χ1v) is 6.49. The van der Waals surface area contributed by atoms with Gasteiger partial charge in [-0.3, -0.25) is 0 Å². The van der Waals surface area contributed by atoms with E-state index in [0.29, 0.717) is 6.04 Å². The minimum Gasteiger partial charge on any atom is -0.310 e. The molecular weight excluding hydrogens is 194 g/mol. The SMILES string of the molecule is Cc1ccc2c(c1)CCC2NCCC(C)C. The molecule has 0 radical (unpaired) electrons. The smallest absolute Gasteiger partial charge is 0.0326 e. The lowest BCUT2D eigenvalue weighted by molar-refractivity contribution is 0.476. The zero-order valence-corrected chi connectivity index (χ0v) is 10.7. The van der Waals surface area contributed by atoms with Crippen molar-refractivity contribution in [2.24, 2.45) is 5.92 Å². The van der Waals surface area contributed by atoms with Crippen LogP contribution in [0, 0.1) is 12.8 Å². The summed E-state index contributed by atoms with van der Waals surface area (Å²) in [5.41, 5.74) is 4.48. The number of fused-ring (bicyclic) bond motifs is 1. The molecule has 1 aliphatic carbocycles. The van der Waals surface area contributed by atoms with Gasteiger partial charge in [0.05, 0.1) is 0 Å². The van der Waals surface area contributed by atoms with Crippen LogP contribution in [0.2, 0.25) is 0 Å². The first-order chi connectivity index (χ1) is 7.66. The summed E-state index contributed by atoms with van der Waals surface area (Å²) in [6, 6.07) is 7.50. The van der Waals surface area contributed by atoms with Crippen molar-refractivity contribution in [3.63, 3.8) is 0 Å². The van der Waals surface area contributed by atoms with Crippen LogP contribution in [-0.4, -0.2) is 6.54 Å². The summed E-state index contributed by atoms with van der Waals surface area (Å²) in [6.45, 7) is 7.90. The molecule has 1 aromatic carbocycles. The van der Waals surface area contributed by atoms with Crippen LogP contribution in [0.4, 0.5) is 0 Å². The maximum atomic E-state index is 3.69. The Morgan fingerprint density at radius 3 is 2.94 bits per heavy atom. The summed E-state index contributed by atoms with van der Waals surface area (Å²) in [4.78, 5) is 0. The summed E-state index contributed by atoms with van der Waals surface area (Å²) in [5.74, 6) is 0.798. The van der Waals surface area contributed by atoms with Gasteiger partial charge in [-0.05, 0) is 49.8 Å². The molecule has 0 saturated carbocycles. The van der Waals surface area contributed by atoms with Crippen molar-refractivity contribution in [2.75, 3.05) is 6.54 Å². The van der Waals surface area contributed by atoms with Gasteiger partial charge in [-0.15, -0.1) is 0 Å². The third-order valence-electron chi connectivity index (χ3n) is 3.49. The number of rotatable bonds is 4. The second-order valence-electron chi connectivity index (χ2n) is 5.43. The minimum absolute atomic E-state index is 0.606. The lowest BCUT2D eigenvalue weighted by Crippen LogP contribution is -2.21. The zero-order chi connectivity index (χ0) is 11.5. The molecule has 0 heterocycles. The summed E-state index contributed by atoms with van der Waals surface area (Å²) < 4.78 is 0. The third kappa shape index (κ3) is 2.65. The molecule has 1 atom stereocenters. The molecule has 1 N–H and O–H groups in total. The molecule has 0 amide bonds. The summed E-state index contributed by atoms with van der Waals surface area (Å²) >= 11 is 0. The van der Waals surface area contributed by atoms with Crippen molar-refractivity contribution in [3.8, 4) is 0 Å². The number of aryl methyl sites for hydroxylation is 2. The Morgan fingerprint density at radius 2 is 2.19 bits per heavy atom. The molecule has 0 spiro atoms. The van der Waals surface area contributed by atoms with E-state index in [4.69, 9.17) is 0 Å². The summed E-state index contributed by atoms with van der Waals surface area (Å²) in [6.07, 6.45) is 3.80. The molecule has 1 aromatic rings. The van der Waals surface area contributed by atoms with Gasteiger partial charge in [0.2, 0.25) is 0 Å². The van der Waals surface area contributed by atoms with Gasteiger partial charge in [-0.25, -0.2) is 0 Å². The Balaban J connectivity index is 1.95. The van der Waals surface area contributed by atoms with Gasteiger partial charge in [-0.2, -0.15) is 0 Å². The maximum absolute atomic E-state index is 3.69. The Morgan fingerprint density at radius 1 is 1.38 bits per heavy atom. The van der Waals surface area contributed by atoms with Crippen LogP contribution < -0.4 is 5.32 Å². The lowest BCUT2D eigenvalue weighted by atomic mass is 10.0. The van der Waals surface area contributed by atoms with Crippen LogP contribution in [0.5, 0.6) is 0 Å². The Labute approximate surface area is 99.3 Å². The van der Waals surface area contributed by atoms with E-state index in [1.54, 1.807) is 5.56 Å². The molecular formula is C15H23N. The van der Waals surface area contributed by atoms with Crippen molar-refractivity contribution in [2.45, 2.75) is 46.1 Å². The van der Waals surface area contributed by atoms with Gasteiger partial charge >= 0.3 is 0 Å². The Hall–Kier alpha value is -0.820. The minimum atomic E-state index is 0.606. The van der Waals surface area contributed by atoms with Crippen molar-refractivity contribution < 1.29 is 0 Å². The fraction of sp³-hybridized carbons (Fsp3) is 0.600. The highest BCUT2D eigenvalue weighted by atomic mass is 14.9. The highest BCUT2D eigenvalue weighted by Crippen LogP contribution is 2.31. The molecule has 0 fully saturated rings. The van der Waals surface area contributed by atoms with E-state index in [0.717, 1.165) is 12.5 Å². The van der Waals surface area contributed by atoms with E-state index in [1.807, 2.05) is 0 Å². The predicted molar refractivity (Wildman–Crippen MR) is 69.7 cm³/mol. The van der Waals surface area contributed by atoms with Gasteiger partial charge in [-0.1, -0.05) is 37.6 Å². The van der Waals surface area contributed by atoms with Gasteiger partial charge in [0.1, 0.15) is 0 Å². The second-order valence-corrected chi connectivity index (χ2v) is 5.43. The van der Waals surface area contributed by atoms with E-state index >= 15 is 0 Å². The van der Waals surface area contributed by atoms with E-state index in [2.05, 4.69) is 44.3 Å². The van der Waals surface area contributed by atoms with Gasteiger partial charge in [0.25, 0.3) is 0 Å². The molecule has 0 saturated heterocycles. The average molecular weight is 217 g/mol. The van der Waals surface area contributed by atoms with Crippen molar-refractivity contribution in [3.05, 3.63) is 34.9 Å². The fourth-order valence-corrected chi connectivity index (χ4v) is 2.50. The highest BCUT2D eigenvalue weighted by Gasteiger charge is 2.21. The van der Waals surface area contributed by atoms with E-state index < -0.39 is 0 Å². The standard InChI is InChI=1S/C15H23N/c1-11(2)8-9-16-15-7-5-13-10-12(3)4-6-14(13)15/h4,6,10-11,15-16H,5,7-9H2,1-3H3. The first kappa shape index (κ1) is 11.7. The number of hydrogen-bond donors (Lipinski definition) is 1. The normalized spacial score (nSPS) is 19.1. The van der Waals surface area contributed by atoms with Gasteiger partial charge in [0.15, 0.2) is 0 Å². The molecule has 0 aromatic heterocycles. The molecule has 88 valence electrons. The third-order valence-corrected chi connectivity index (χ3v) is 3.49. The maximum Gasteiger partial charge on any atom is 0.0326 e. The van der Waals surface area contributed by atoms with E-state index in [1.165, 1.54) is 30.4 Å².